The van der Waals surface area contributed by atoms with Crippen molar-refractivity contribution in [1.82, 2.24) is 10.3 Å². The minimum atomic E-state index is -0.708. The highest BCUT2D eigenvalue weighted by Gasteiger charge is 2.25. The zero-order valence-corrected chi connectivity index (χ0v) is 16.3. The lowest BCUT2D eigenvalue weighted by atomic mass is 9.95. The number of para-hydroxylation sites is 1. The number of aromatic nitrogens is 1. The minimum Gasteiger partial charge on any atom is -0.504 e. The van der Waals surface area contributed by atoms with Crippen molar-refractivity contribution in [2.75, 3.05) is 13.2 Å². The molecule has 1 fully saturated rings. The van der Waals surface area contributed by atoms with Gasteiger partial charge in [-0.3, -0.25) is 9.79 Å². The zero-order valence-electron chi connectivity index (χ0n) is 14.7. The Bertz CT molecular complexity index is 938. The van der Waals surface area contributed by atoms with Gasteiger partial charge in [0.15, 0.2) is 16.7 Å². The number of thioether (sulfide) groups is 1. The van der Waals surface area contributed by atoms with Gasteiger partial charge in [0.05, 0.1) is 16.2 Å². The fourth-order valence-electron chi connectivity index (χ4n) is 2.14. The average Bonchev–Trinajstić information content (AvgIpc) is 3.23. The van der Waals surface area contributed by atoms with Crippen LogP contribution in [0.15, 0.2) is 33.5 Å². The lowest BCUT2D eigenvalue weighted by Crippen LogP contribution is -2.24. The molecule has 0 unspecified atom stereocenters. The third-order valence-corrected chi connectivity index (χ3v) is 5.59. The second kappa shape index (κ2) is 7.79. The second-order valence-electron chi connectivity index (χ2n) is 6.72. The van der Waals surface area contributed by atoms with Crippen LogP contribution in [-0.4, -0.2) is 39.4 Å². The molecule has 0 saturated carbocycles. The fraction of sp³-hybridized carbons (Fsp3) is 0.278. The SMILES string of the molecule is CC(C)(CO)CN=C1NC(=O)/C(=C\c2csc(-c3cccc(F)c3O)n2)S1. The van der Waals surface area contributed by atoms with E-state index in [1.807, 2.05) is 13.8 Å². The van der Waals surface area contributed by atoms with Gasteiger partial charge < -0.3 is 15.5 Å². The largest absolute Gasteiger partial charge is 0.504 e. The summed E-state index contributed by atoms with van der Waals surface area (Å²) in [5.41, 5.74) is 0.483. The van der Waals surface area contributed by atoms with Crippen LogP contribution in [0.2, 0.25) is 0 Å². The highest BCUT2D eigenvalue weighted by molar-refractivity contribution is 8.18. The number of aliphatic hydroxyl groups is 1. The molecular weight excluding hydrogens is 389 g/mol. The van der Waals surface area contributed by atoms with Crippen LogP contribution in [0.3, 0.4) is 0 Å². The molecule has 1 aromatic heterocycles. The van der Waals surface area contributed by atoms with Crippen molar-refractivity contribution in [3.05, 3.63) is 40.0 Å². The second-order valence-corrected chi connectivity index (χ2v) is 8.61. The summed E-state index contributed by atoms with van der Waals surface area (Å²) in [5.74, 6) is -1.43. The maximum atomic E-state index is 13.5. The lowest BCUT2D eigenvalue weighted by molar-refractivity contribution is -0.115. The van der Waals surface area contributed by atoms with Gasteiger partial charge in [-0.05, 0) is 30.0 Å². The molecule has 0 atom stereocenters. The molecule has 1 saturated heterocycles. The number of aliphatic hydroxyl groups excluding tert-OH is 1. The number of aliphatic imine (C=N–C) groups is 1. The highest BCUT2D eigenvalue weighted by atomic mass is 32.2. The van der Waals surface area contributed by atoms with Crippen molar-refractivity contribution in [2.24, 2.45) is 10.4 Å². The Morgan fingerprint density at radius 3 is 2.93 bits per heavy atom. The number of thiazole rings is 1. The Morgan fingerprint density at radius 2 is 2.19 bits per heavy atom. The molecule has 0 aliphatic carbocycles. The highest BCUT2D eigenvalue weighted by Crippen LogP contribution is 2.34. The van der Waals surface area contributed by atoms with Gasteiger partial charge in [0.1, 0.15) is 5.01 Å². The number of hydrogen-bond acceptors (Lipinski definition) is 7. The van der Waals surface area contributed by atoms with Gasteiger partial charge in [0.25, 0.3) is 5.91 Å². The number of amides is 1. The van der Waals surface area contributed by atoms with Gasteiger partial charge in [-0.1, -0.05) is 19.9 Å². The number of phenolic OH excluding ortho intramolecular Hbond substituents is 1. The van der Waals surface area contributed by atoms with E-state index in [0.717, 1.165) is 0 Å². The van der Waals surface area contributed by atoms with E-state index in [1.54, 1.807) is 17.5 Å². The third-order valence-electron chi connectivity index (χ3n) is 3.75. The van der Waals surface area contributed by atoms with E-state index in [0.29, 0.717) is 32.9 Å². The van der Waals surface area contributed by atoms with Crippen molar-refractivity contribution in [1.29, 1.82) is 0 Å². The van der Waals surface area contributed by atoms with Crippen LogP contribution in [0, 0.1) is 11.2 Å². The van der Waals surface area contributed by atoms with Crippen LogP contribution in [-0.2, 0) is 4.79 Å². The van der Waals surface area contributed by atoms with Crippen LogP contribution in [0.25, 0.3) is 16.6 Å². The number of phenols is 1. The van der Waals surface area contributed by atoms with E-state index in [-0.39, 0.29) is 17.9 Å². The van der Waals surface area contributed by atoms with Crippen LogP contribution in [0.4, 0.5) is 4.39 Å². The Kier molecular flexibility index (Phi) is 5.64. The first kappa shape index (κ1) is 19.5. The number of carbonyl (C=O) groups is 1. The summed E-state index contributed by atoms with van der Waals surface area (Å²) >= 11 is 2.45. The number of nitrogens with zero attached hydrogens (tertiary/aromatic N) is 2. The minimum absolute atomic E-state index is 0.000381. The Hall–Kier alpha value is -2.23. The van der Waals surface area contributed by atoms with Crippen LogP contribution in [0.5, 0.6) is 5.75 Å². The smallest absolute Gasteiger partial charge is 0.264 e. The molecule has 9 heteroatoms. The van der Waals surface area contributed by atoms with Crippen LogP contribution in [0.1, 0.15) is 19.5 Å². The standard InChI is InChI=1S/C18H18FN3O3S2/c1-18(2,9-23)8-20-17-22-15(25)13(27-17)6-10-7-26-16(21-10)11-4-3-5-12(19)14(11)24/h3-7,23-24H,8-9H2,1-2H3,(H,20,22,25)/b13-6+. The zero-order chi connectivity index (χ0) is 19.6. The normalized spacial score (nSPS) is 17.7. The van der Waals surface area contributed by atoms with E-state index in [2.05, 4.69) is 15.3 Å². The first-order valence-corrected chi connectivity index (χ1v) is 9.78. The maximum Gasteiger partial charge on any atom is 0.264 e. The van der Waals surface area contributed by atoms with Crippen LogP contribution >= 0.6 is 23.1 Å². The van der Waals surface area contributed by atoms with Gasteiger partial charge in [-0.25, -0.2) is 9.37 Å². The summed E-state index contributed by atoms with van der Waals surface area (Å²) < 4.78 is 13.5. The van der Waals surface area contributed by atoms with Crippen molar-refractivity contribution < 1.29 is 19.4 Å². The van der Waals surface area contributed by atoms with E-state index < -0.39 is 11.6 Å². The molecule has 6 nitrogen and oxygen atoms in total. The van der Waals surface area contributed by atoms with Crippen molar-refractivity contribution in [3.8, 4) is 16.3 Å². The van der Waals surface area contributed by atoms with Gasteiger partial charge in [0.2, 0.25) is 0 Å². The molecule has 2 heterocycles. The van der Waals surface area contributed by atoms with Gasteiger partial charge in [-0.2, -0.15) is 0 Å². The quantitative estimate of drug-likeness (QED) is 0.662. The number of carbonyl (C=O) groups excluding carboxylic acids is 1. The first-order chi connectivity index (χ1) is 12.8. The summed E-state index contributed by atoms with van der Waals surface area (Å²) in [4.78, 5) is 21.2. The first-order valence-electron chi connectivity index (χ1n) is 8.09. The Labute approximate surface area is 163 Å². The predicted molar refractivity (Wildman–Crippen MR) is 106 cm³/mol. The summed E-state index contributed by atoms with van der Waals surface area (Å²) in [6, 6.07) is 4.26. The summed E-state index contributed by atoms with van der Waals surface area (Å²) in [7, 11) is 0. The van der Waals surface area contributed by atoms with E-state index in [4.69, 9.17) is 0 Å². The number of amidine groups is 1. The molecule has 1 aromatic carbocycles. The topological polar surface area (TPSA) is 94.8 Å². The number of nitrogens with one attached hydrogen (secondary N) is 1. The molecule has 1 amide bonds. The molecule has 2 aromatic rings. The molecule has 0 spiro atoms. The monoisotopic (exact) mass is 407 g/mol. The molecule has 1 aliphatic heterocycles. The molecule has 142 valence electrons. The van der Waals surface area contributed by atoms with E-state index in [1.165, 1.54) is 35.2 Å². The number of hydrogen-bond donors (Lipinski definition) is 3. The van der Waals surface area contributed by atoms with Crippen molar-refractivity contribution >= 4 is 40.2 Å². The van der Waals surface area contributed by atoms with Crippen molar-refractivity contribution in [3.63, 3.8) is 0 Å². The molecule has 1 aliphatic rings. The van der Waals surface area contributed by atoms with E-state index in [9.17, 15) is 19.4 Å². The fourth-order valence-corrected chi connectivity index (χ4v) is 3.74. The summed E-state index contributed by atoms with van der Waals surface area (Å²) in [5, 5.41) is 24.5. The number of benzene rings is 1. The number of halogens is 1. The number of rotatable bonds is 5. The Morgan fingerprint density at radius 1 is 1.41 bits per heavy atom. The lowest BCUT2D eigenvalue weighted by Gasteiger charge is -2.18. The maximum absolute atomic E-state index is 13.5. The Balaban J connectivity index is 1.78. The average molecular weight is 407 g/mol. The number of aromatic hydroxyl groups is 1. The van der Waals surface area contributed by atoms with Gasteiger partial charge in [0, 0.05) is 23.9 Å². The van der Waals surface area contributed by atoms with Gasteiger partial charge in [-0.15, -0.1) is 11.3 Å². The molecule has 0 radical (unpaired) electrons. The molecule has 27 heavy (non-hydrogen) atoms. The molecule has 3 N–H and O–H groups in total. The van der Waals surface area contributed by atoms with Crippen LogP contribution < -0.4 is 5.32 Å². The van der Waals surface area contributed by atoms with Crippen molar-refractivity contribution in [2.45, 2.75) is 13.8 Å². The van der Waals surface area contributed by atoms with E-state index >= 15 is 0 Å². The predicted octanol–water partition coefficient (Wildman–Crippen LogP) is 3.23. The third kappa shape index (κ3) is 4.55. The molecule has 0 bridgehead atoms. The summed E-state index contributed by atoms with van der Waals surface area (Å²) in [6.07, 6.45) is 1.62. The molecular formula is C18H18FN3O3S2. The van der Waals surface area contributed by atoms with Gasteiger partial charge >= 0.3 is 0 Å². The summed E-state index contributed by atoms with van der Waals surface area (Å²) in [6.45, 7) is 4.15. The molecule has 3 rings (SSSR count).